The molecular weight excluding hydrogens is 418 g/mol. The summed E-state index contributed by atoms with van der Waals surface area (Å²) in [7, 11) is 3.95. The number of nitrogens with zero attached hydrogens (tertiary/aromatic N) is 2. The summed E-state index contributed by atoms with van der Waals surface area (Å²) in [5, 5.41) is 5.18. The number of alkyl halides is 1. The van der Waals surface area contributed by atoms with Gasteiger partial charge in [0, 0.05) is 30.7 Å². The zero-order valence-electron chi connectivity index (χ0n) is 17.6. The second-order valence-corrected chi connectivity index (χ2v) is 9.27. The molecule has 1 heterocycles. The quantitative estimate of drug-likeness (QED) is 0.603. The molecule has 1 aliphatic rings. The fraction of sp³-hybridized carbons (Fsp3) is 0.478. The molecule has 30 heavy (non-hydrogen) atoms. The molecule has 5 nitrogen and oxygen atoms in total. The molecular formula is C23H30ClN3O2S. The molecule has 1 fully saturated rings. The molecule has 2 amide bonds. The molecule has 7 heteroatoms. The van der Waals surface area contributed by atoms with E-state index in [2.05, 4.69) is 5.32 Å². The molecule has 0 bridgehead atoms. The Balaban J connectivity index is 1.92. The maximum Gasteiger partial charge on any atom is 0.247 e. The molecule has 1 N–H and O–H groups in total. The van der Waals surface area contributed by atoms with Gasteiger partial charge in [-0.1, -0.05) is 37.5 Å². The minimum absolute atomic E-state index is 0.130. The van der Waals surface area contributed by atoms with Crippen LogP contribution in [0.25, 0.3) is 0 Å². The molecule has 162 valence electrons. The lowest BCUT2D eigenvalue weighted by atomic mass is 9.94. The van der Waals surface area contributed by atoms with Crippen molar-refractivity contribution in [2.45, 2.75) is 50.7 Å². The molecule has 2 aromatic rings. The maximum absolute atomic E-state index is 13.5. The molecule has 0 aliphatic heterocycles. The topological polar surface area (TPSA) is 52.7 Å². The van der Waals surface area contributed by atoms with E-state index in [4.69, 9.17) is 11.6 Å². The van der Waals surface area contributed by atoms with Crippen molar-refractivity contribution in [1.82, 2.24) is 10.2 Å². The van der Waals surface area contributed by atoms with Crippen LogP contribution in [0.3, 0.4) is 0 Å². The van der Waals surface area contributed by atoms with Crippen LogP contribution in [-0.2, 0) is 16.1 Å². The van der Waals surface area contributed by atoms with Crippen LogP contribution in [0.1, 0.15) is 48.6 Å². The van der Waals surface area contributed by atoms with E-state index < -0.39 is 6.04 Å². The SMILES string of the molecule is CN(C)c1ccc(C(C(=O)NC2CCCCC2)N(Cc2cccs2)C(=O)CCl)cc1. The third-order valence-corrected chi connectivity index (χ3v) is 6.67. The van der Waals surface area contributed by atoms with Gasteiger partial charge in [0.25, 0.3) is 0 Å². The number of hydrogen-bond acceptors (Lipinski definition) is 4. The second kappa shape index (κ2) is 10.8. The lowest BCUT2D eigenvalue weighted by Gasteiger charge is -2.33. The van der Waals surface area contributed by atoms with Gasteiger partial charge in [0.1, 0.15) is 11.9 Å². The fourth-order valence-electron chi connectivity index (χ4n) is 3.93. The minimum atomic E-state index is -0.712. The van der Waals surface area contributed by atoms with E-state index in [0.717, 1.165) is 41.8 Å². The molecule has 0 radical (unpaired) electrons. The first-order chi connectivity index (χ1) is 14.5. The van der Waals surface area contributed by atoms with Crippen LogP contribution in [0.2, 0.25) is 0 Å². The van der Waals surface area contributed by atoms with Crippen LogP contribution in [-0.4, -0.2) is 42.7 Å². The molecule has 1 saturated carbocycles. The summed E-state index contributed by atoms with van der Waals surface area (Å²) >= 11 is 7.53. The Hall–Kier alpha value is -2.05. The largest absolute Gasteiger partial charge is 0.378 e. The molecule has 1 aromatic heterocycles. The Morgan fingerprint density at radius 1 is 1.13 bits per heavy atom. The van der Waals surface area contributed by atoms with Crippen molar-refractivity contribution < 1.29 is 9.59 Å². The predicted octanol–water partition coefficient (Wildman–Crippen LogP) is 4.57. The van der Waals surface area contributed by atoms with Gasteiger partial charge in [-0.15, -0.1) is 22.9 Å². The zero-order valence-corrected chi connectivity index (χ0v) is 19.2. The molecule has 3 rings (SSSR count). The van der Waals surface area contributed by atoms with Crippen molar-refractivity contribution >= 4 is 40.4 Å². The van der Waals surface area contributed by atoms with Gasteiger partial charge in [0.2, 0.25) is 11.8 Å². The van der Waals surface area contributed by atoms with E-state index >= 15 is 0 Å². The number of amides is 2. The van der Waals surface area contributed by atoms with E-state index in [9.17, 15) is 9.59 Å². The lowest BCUT2D eigenvalue weighted by Crippen LogP contribution is -2.47. The first kappa shape index (κ1) is 22.6. The summed E-state index contributed by atoms with van der Waals surface area (Å²) in [6.07, 6.45) is 5.47. The Morgan fingerprint density at radius 3 is 2.40 bits per heavy atom. The van der Waals surface area contributed by atoms with Crippen molar-refractivity contribution in [3.63, 3.8) is 0 Å². The van der Waals surface area contributed by atoms with E-state index in [0.29, 0.717) is 6.54 Å². The number of carbonyl (C=O) groups is 2. The van der Waals surface area contributed by atoms with Gasteiger partial charge in [-0.2, -0.15) is 0 Å². The van der Waals surface area contributed by atoms with Gasteiger partial charge in [-0.05, 0) is 42.0 Å². The Morgan fingerprint density at radius 2 is 1.83 bits per heavy atom. The number of rotatable bonds is 8. The minimum Gasteiger partial charge on any atom is -0.378 e. The van der Waals surface area contributed by atoms with Gasteiger partial charge in [0.05, 0.1) is 6.54 Å². The average Bonchev–Trinajstić information content (AvgIpc) is 3.27. The number of carbonyl (C=O) groups excluding carboxylic acids is 2. The van der Waals surface area contributed by atoms with Gasteiger partial charge in [0.15, 0.2) is 0 Å². The Labute approximate surface area is 188 Å². The normalized spacial score (nSPS) is 15.4. The second-order valence-electron chi connectivity index (χ2n) is 7.97. The number of nitrogens with one attached hydrogen (secondary N) is 1. The first-order valence-electron chi connectivity index (χ1n) is 10.4. The monoisotopic (exact) mass is 447 g/mol. The average molecular weight is 448 g/mol. The number of hydrogen-bond donors (Lipinski definition) is 1. The van der Waals surface area contributed by atoms with E-state index in [1.54, 1.807) is 16.2 Å². The standard InChI is InChI=1S/C23H30ClN3O2S/c1-26(2)19-12-10-17(11-13-19)22(23(29)25-18-7-4-3-5-8-18)27(21(28)15-24)16-20-9-6-14-30-20/h6,9-14,18,22H,3-5,7-8,15-16H2,1-2H3,(H,25,29). The van der Waals surface area contributed by atoms with Gasteiger partial charge < -0.3 is 15.1 Å². The van der Waals surface area contributed by atoms with Crippen LogP contribution < -0.4 is 10.2 Å². The summed E-state index contributed by atoms with van der Waals surface area (Å²) < 4.78 is 0. The molecule has 1 aliphatic carbocycles. The van der Waals surface area contributed by atoms with Crippen molar-refractivity contribution in [2.75, 3.05) is 24.9 Å². The van der Waals surface area contributed by atoms with Crippen LogP contribution >= 0.6 is 22.9 Å². The van der Waals surface area contributed by atoms with E-state index in [-0.39, 0.29) is 23.7 Å². The third kappa shape index (κ3) is 5.76. The zero-order chi connectivity index (χ0) is 21.5. The lowest BCUT2D eigenvalue weighted by molar-refractivity contribution is -0.140. The predicted molar refractivity (Wildman–Crippen MR) is 124 cm³/mol. The van der Waals surface area contributed by atoms with Gasteiger partial charge in [-0.3, -0.25) is 9.59 Å². The van der Waals surface area contributed by atoms with Gasteiger partial charge >= 0.3 is 0 Å². The number of halogens is 1. The Bertz CT molecular complexity index is 817. The molecule has 0 saturated heterocycles. The van der Waals surface area contributed by atoms with Crippen molar-refractivity contribution in [3.8, 4) is 0 Å². The highest BCUT2D eigenvalue weighted by molar-refractivity contribution is 7.09. The maximum atomic E-state index is 13.5. The van der Waals surface area contributed by atoms with Crippen molar-refractivity contribution in [1.29, 1.82) is 0 Å². The third-order valence-electron chi connectivity index (χ3n) is 5.58. The van der Waals surface area contributed by atoms with Crippen molar-refractivity contribution in [3.05, 3.63) is 52.2 Å². The summed E-state index contributed by atoms with van der Waals surface area (Å²) in [6, 6.07) is 11.2. The first-order valence-corrected chi connectivity index (χ1v) is 11.9. The number of benzene rings is 1. The van der Waals surface area contributed by atoms with E-state index in [1.165, 1.54) is 6.42 Å². The smallest absolute Gasteiger partial charge is 0.247 e. The molecule has 1 aromatic carbocycles. The summed E-state index contributed by atoms with van der Waals surface area (Å²) in [5.74, 6) is -0.533. The van der Waals surface area contributed by atoms with Crippen molar-refractivity contribution in [2.24, 2.45) is 0 Å². The van der Waals surface area contributed by atoms with E-state index in [1.807, 2.05) is 60.8 Å². The highest BCUT2D eigenvalue weighted by Gasteiger charge is 2.32. The Kier molecular flexibility index (Phi) is 8.16. The summed E-state index contributed by atoms with van der Waals surface area (Å²) in [4.78, 5) is 30.9. The molecule has 1 atom stereocenters. The van der Waals surface area contributed by atoms with Gasteiger partial charge in [-0.25, -0.2) is 0 Å². The number of thiophene rings is 1. The fourth-order valence-corrected chi connectivity index (χ4v) is 4.78. The van der Waals surface area contributed by atoms with Crippen LogP contribution in [0, 0.1) is 0 Å². The molecule has 1 unspecified atom stereocenters. The number of anilines is 1. The highest BCUT2D eigenvalue weighted by atomic mass is 35.5. The van der Waals surface area contributed by atoms with Crippen LogP contribution in [0.4, 0.5) is 5.69 Å². The summed E-state index contributed by atoms with van der Waals surface area (Å²) in [6.45, 7) is 0.363. The molecule has 0 spiro atoms. The van der Waals surface area contributed by atoms with Crippen LogP contribution in [0.5, 0.6) is 0 Å². The highest BCUT2D eigenvalue weighted by Crippen LogP contribution is 2.28. The van der Waals surface area contributed by atoms with Crippen LogP contribution in [0.15, 0.2) is 41.8 Å². The summed E-state index contributed by atoms with van der Waals surface area (Å²) in [5.41, 5.74) is 1.84.